The van der Waals surface area contributed by atoms with Crippen molar-refractivity contribution in [1.29, 1.82) is 0 Å². The molecular formula is C12H16O5. The summed E-state index contributed by atoms with van der Waals surface area (Å²) in [5.41, 5.74) is 1.32. The second kappa shape index (κ2) is 6.10. The van der Waals surface area contributed by atoms with Gasteiger partial charge in [-0.2, -0.15) is 0 Å². The van der Waals surface area contributed by atoms with Crippen LogP contribution in [0.5, 0.6) is 11.5 Å². The smallest absolute Gasteiger partial charge is 0.308 e. The van der Waals surface area contributed by atoms with Gasteiger partial charge in [0.1, 0.15) is 11.5 Å². The van der Waals surface area contributed by atoms with Gasteiger partial charge in [0.15, 0.2) is 0 Å². The monoisotopic (exact) mass is 240 g/mol. The van der Waals surface area contributed by atoms with Crippen molar-refractivity contribution in [2.75, 3.05) is 21.3 Å². The van der Waals surface area contributed by atoms with Gasteiger partial charge in [0.2, 0.25) is 0 Å². The molecule has 0 amide bonds. The largest absolute Gasteiger partial charge is 0.496 e. The van der Waals surface area contributed by atoms with Crippen LogP contribution >= 0.6 is 0 Å². The molecule has 5 heteroatoms. The van der Waals surface area contributed by atoms with Crippen LogP contribution in [0, 0.1) is 0 Å². The lowest BCUT2D eigenvalue weighted by Gasteiger charge is -2.15. The Morgan fingerprint density at radius 2 is 1.94 bits per heavy atom. The van der Waals surface area contributed by atoms with Crippen LogP contribution in [0.4, 0.5) is 0 Å². The first kappa shape index (κ1) is 13.3. The maximum atomic E-state index is 10.8. The number of hydrogen-bond acceptors (Lipinski definition) is 4. The summed E-state index contributed by atoms with van der Waals surface area (Å²) >= 11 is 0. The highest BCUT2D eigenvalue weighted by Crippen LogP contribution is 2.33. The summed E-state index contributed by atoms with van der Waals surface area (Å²) in [4.78, 5) is 10.8. The maximum Gasteiger partial charge on any atom is 0.308 e. The molecule has 0 fully saturated rings. The van der Waals surface area contributed by atoms with Crippen LogP contribution in [0.3, 0.4) is 0 Å². The Hall–Kier alpha value is -1.75. The Labute approximate surface area is 99.9 Å². The van der Waals surface area contributed by atoms with E-state index >= 15 is 0 Å². The summed E-state index contributed by atoms with van der Waals surface area (Å²) in [6.45, 7) is 0.361. The zero-order valence-electron chi connectivity index (χ0n) is 10.1. The van der Waals surface area contributed by atoms with E-state index in [1.165, 1.54) is 14.2 Å². The molecule has 0 spiro atoms. The van der Waals surface area contributed by atoms with Crippen LogP contribution in [-0.4, -0.2) is 32.4 Å². The fourth-order valence-corrected chi connectivity index (χ4v) is 1.69. The van der Waals surface area contributed by atoms with Gasteiger partial charge in [-0.05, 0) is 12.1 Å². The third kappa shape index (κ3) is 3.10. The number of carbonyl (C=O) groups is 1. The van der Waals surface area contributed by atoms with Crippen molar-refractivity contribution >= 4 is 5.97 Å². The molecular weight excluding hydrogens is 224 g/mol. The Morgan fingerprint density at radius 1 is 1.24 bits per heavy atom. The molecule has 0 aliphatic rings. The molecule has 0 bridgehead atoms. The van der Waals surface area contributed by atoms with Crippen molar-refractivity contribution in [2.24, 2.45) is 0 Å². The van der Waals surface area contributed by atoms with E-state index in [0.717, 1.165) is 5.56 Å². The zero-order valence-corrected chi connectivity index (χ0v) is 10.1. The summed E-state index contributed by atoms with van der Waals surface area (Å²) in [6.07, 6.45) is -0.149. The summed E-state index contributed by atoms with van der Waals surface area (Å²) < 4.78 is 15.4. The number of carboxylic acids is 1. The minimum atomic E-state index is -0.934. The number of carboxylic acid groups (broad SMARTS) is 1. The first-order valence-electron chi connectivity index (χ1n) is 5.07. The molecule has 5 nitrogen and oxygen atoms in total. The average Bonchev–Trinajstić information content (AvgIpc) is 2.29. The summed E-state index contributed by atoms with van der Waals surface area (Å²) in [5, 5.41) is 8.89. The van der Waals surface area contributed by atoms with E-state index in [1.807, 2.05) is 0 Å². The van der Waals surface area contributed by atoms with Gasteiger partial charge in [0.25, 0.3) is 0 Å². The van der Waals surface area contributed by atoms with Gasteiger partial charge in [-0.25, -0.2) is 0 Å². The van der Waals surface area contributed by atoms with Crippen molar-refractivity contribution < 1.29 is 24.1 Å². The standard InChI is InChI=1S/C12H16O5/c1-15-7-8-4-5-10(16-2)9(6-11(13)14)12(8)17-3/h4-5H,6-7H2,1-3H3,(H,13,14). The van der Waals surface area contributed by atoms with Gasteiger partial charge < -0.3 is 19.3 Å². The minimum Gasteiger partial charge on any atom is -0.496 e. The SMILES string of the molecule is COCc1ccc(OC)c(CC(=O)O)c1OC. The van der Waals surface area contributed by atoms with Crippen LogP contribution in [0.25, 0.3) is 0 Å². The van der Waals surface area contributed by atoms with E-state index in [-0.39, 0.29) is 6.42 Å². The van der Waals surface area contributed by atoms with E-state index in [4.69, 9.17) is 19.3 Å². The molecule has 0 heterocycles. The van der Waals surface area contributed by atoms with Crippen LogP contribution in [-0.2, 0) is 22.6 Å². The number of methoxy groups -OCH3 is 3. The van der Waals surface area contributed by atoms with Crippen molar-refractivity contribution in [3.8, 4) is 11.5 Å². The molecule has 0 atom stereocenters. The predicted molar refractivity (Wildman–Crippen MR) is 61.6 cm³/mol. The summed E-state index contributed by atoms with van der Waals surface area (Å²) in [6, 6.07) is 3.52. The predicted octanol–water partition coefficient (Wildman–Crippen LogP) is 1.48. The van der Waals surface area contributed by atoms with Crippen LogP contribution in [0.15, 0.2) is 12.1 Å². The highest BCUT2D eigenvalue weighted by molar-refractivity contribution is 5.73. The average molecular weight is 240 g/mol. The minimum absolute atomic E-state index is 0.149. The topological polar surface area (TPSA) is 65.0 Å². The highest BCUT2D eigenvalue weighted by Gasteiger charge is 2.17. The Morgan fingerprint density at radius 3 is 2.41 bits per heavy atom. The van der Waals surface area contributed by atoms with Gasteiger partial charge in [-0.15, -0.1) is 0 Å². The summed E-state index contributed by atoms with van der Waals surface area (Å²) in [7, 11) is 4.57. The molecule has 1 aromatic carbocycles. The molecule has 0 saturated carbocycles. The lowest BCUT2D eigenvalue weighted by atomic mass is 10.0. The third-order valence-electron chi connectivity index (χ3n) is 2.35. The lowest BCUT2D eigenvalue weighted by Crippen LogP contribution is -2.07. The van der Waals surface area contributed by atoms with Crippen molar-refractivity contribution in [1.82, 2.24) is 0 Å². The van der Waals surface area contributed by atoms with Crippen molar-refractivity contribution in [3.05, 3.63) is 23.3 Å². The van der Waals surface area contributed by atoms with Gasteiger partial charge in [0.05, 0.1) is 27.2 Å². The first-order valence-corrected chi connectivity index (χ1v) is 5.07. The zero-order chi connectivity index (χ0) is 12.8. The third-order valence-corrected chi connectivity index (χ3v) is 2.35. The lowest BCUT2D eigenvalue weighted by molar-refractivity contribution is -0.136. The molecule has 17 heavy (non-hydrogen) atoms. The maximum absolute atomic E-state index is 10.8. The van der Waals surface area contributed by atoms with Crippen LogP contribution < -0.4 is 9.47 Å². The number of hydrogen-bond donors (Lipinski definition) is 1. The van der Waals surface area contributed by atoms with Crippen molar-refractivity contribution in [2.45, 2.75) is 13.0 Å². The first-order chi connectivity index (χ1) is 8.13. The molecule has 94 valence electrons. The van der Waals surface area contributed by atoms with E-state index in [9.17, 15) is 4.79 Å². The van der Waals surface area contributed by atoms with Gasteiger partial charge in [-0.1, -0.05) is 0 Å². The Kier molecular flexibility index (Phi) is 4.78. The highest BCUT2D eigenvalue weighted by atomic mass is 16.5. The molecule has 0 radical (unpaired) electrons. The molecule has 0 aliphatic carbocycles. The normalized spacial score (nSPS) is 10.1. The number of ether oxygens (including phenoxy) is 3. The quantitative estimate of drug-likeness (QED) is 0.815. The van der Waals surface area contributed by atoms with Crippen molar-refractivity contribution in [3.63, 3.8) is 0 Å². The van der Waals surface area contributed by atoms with Gasteiger partial charge in [0, 0.05) is 18.2 Å². The van der Waals surface area contributed by atoms with E-state index in [1.54, 1.807) is 19.2 Å². The molecule has 1 aromatic rings. The fraction of sp³-hybridized carbons (Fsp3) is 0.417. The molecule has 1 N–H and O–H groups in total. The van der Waals surface area contributed by atoms with Gasteiger partial charge >= 0.3 is 5.97 Å². The molecule has 0 unspecified atom stereocenters. The molecule has 1 rings (SSSR count). The molecule has 0 aromatic heterocycles. The fourth-order valence-electron chi connectivity index (χ4n) is 1.69. The Balaban J connectivity index is 3.26. The van der Waals surface area contributed by atoms with Crippen LogP contribution in [0.2, 0.25) is 0 Å². The second-order valence-corrected chi connectivity index (χ2v) is 3.44. The van der Waals surface area contributed by atoms with Gasteiger partial charge in [-0.3, -0.25) is 4.79 Å². The second-order valence-electron chi connectivity index (χ2n) is 3.44. The number of aliphatic carboxylic acids is 1. The van der Waals surface area contributed by atoms with Crippen LogP contribution in [0.1, 0.15) is 11.1 Å². The van der Waals surface area contributed by atoms with E-state index in [2.05, 4.69) is 0 Å². The van der Waals surface area contributed by atoms with E-state index < -0.39 is 5.97 Å². The molecule has 0 aliphatic heterocycles. The summed E-state index contributed by atoms with van der Waals surface area (Å²) in [5.74, 6) is 0.0777. The molecule has 0 saturated heterocycles. The Bertz CT molecular complexity index is 400. The number of rotatable bonds is 6. The number of benzene rings is 1. The van der Waals surface area contributed by atoms with E-state index in [0.29, 0.717) is 23.7 Å².